The average molecular weight is 357 g/mol. The van der Waals surface area contributed by atoms with E-state index >= 15 is 0 Å². The third kappa shape index (κ3) is 5.26. The van der Waals surface area contributed by atoms with Crippen LogP contribution in [0.5, 0.6) is 0 Å². The quantitative estimate of drug-likeness (QED) is 0.759. The molecule has 1 heterocycles. The second-order valence-electron chi connectivity index (χ2n) is 4.51. The van der Waals surface area contributed by atoms with Crippen molar-refractivity contribution in [1.29, 1.82) is 0 Å². The molecule has 2 rings (SSSR count). The molecule has 0 aliphatic heterocycles. The van der Waals surface area contributed by atoms with E-state index in [-0.39, 0.29) is 0 Å². The van der Waals surface area contributed by atoms with E-state index < -0.39 is 0 Å². The van der Waals surface area contributed by atoms with E-state index in [9.17, 15) is 0 Å². The molecule has 0 fully saturated rings. The summed E-state index contributed by atoms with van der Waals surface area (Å²) in [6.45, 7) is 5.16. The van der Waals surface area contributed by atoms with Gasteiger partial charge in [-0.2, -0.15) is 0 Å². The smallest absolute Gasteiger partial charge is 0.103 e. The topological polar surface area (TPSA) is 24.9 Å². The Balaban J connectivity index is 1.86. The second kappa shape index (κ2) is 7.43. The highest BCUT2D eigenvalue weighted by Crippen LogP contribution is 2.26. The molecule has 0 aliphatic rings. The molecule has 1 aromatic heterocycles. The Hall–Kier alpha value is -0.360. The zero-order chi connectivity index (χ0) is 13.7. The zero-order valence-corrected chi connectivity index (χ0v) is 14.2. The Morgan fingerprint density at radius 2 is 2.26 bits per heavy atom. The van der Waals surface area contributed by atoms with Crippen molar-refractivity contribution < 1.29 is 0 Å². The molecule has 2 nitrogen and oxygen atoms in total. The highest BCUT2D eigenvalue weighted by Gasteiger charge is 2.04. The average Bonchev–Trinajstić information content (AvgIpc) is 2.82. The van der Waals surface area contributed by atoms with Gasteiger partial charge in [0.2, 0.25) is 0 Å². The second-order valence-corrected chi connectivity index (χ2v) is 7.42. The summed E-state index contributed by atoms with van der Waals surface area (Å²) in [7, 11) is 0. The Kier molecular flexibility index (Phi) is 5.88. The highest BCUT2D eigenvalue weighted by molar-refractivity contribution is 9.10. The van der Waals surface area contributed by atoms with Gasteiger partial charge in [-0.05, 0) is 18.2 Å². The van der Waals surface area contributed by atoms with Crippen molar-refractivity contribution in [3.8, 4) is 0 Å². The molecule has 0 bridgehead atoms. The summed E-state index contributed by atoms with van der Waals surface area (Å²) >= 11 is 7.06. The zero-order valence-electron chi connectivity index (χ0n) is 11.0. The molecule has 102 valence electrons. The number of thioether (sulfide) groups is 1. The lowest BCUT2D eigenvalue weighted by Crippen LogP contribution is -2.21. The van der Waals surface area contributed by atoms with Gasteiger partial charge in [-0.3, -0.25) is 0 Å². The van der Waals surface area contributed by atoms with Crippen molar-refractivity contribution in [2.45, 2.75) is 37.1 Å². The lowest BCUT2D eigenvalue weighted by molar-refractivity contribution is 0.582. The fourth-order valence-corrected chi connectivity index (χ4v) is 3.82. The monoisotopic (exact) mass is 356 g/mol. The van der Waals surface area contributed by atoms with Crippen LogP contribution in [0.15, 0.2) is 39.0 Å². The summed E-state index contributed by atoms with van der Waals surface area (Å²) in [6.07, 6.45) is 0. The number of aromatic nitrogens is 1. The van der Waals surface area contributed by atoms with E-state index in [1.165, 1.54) is 9.90 Å². The highest BCUT2D eigenvalue weighted by atomic mass is 79.9. The van der Waals surface area contributed by atoms with Gasteiger partial charge in [0.15, 0.2) is 0 Å². The van der Waals surface area contributed by atoms with Crippen LogP contribution in [0.25, 0.3) is 0 Å². The normalized spacial score (nSPS) is 11.2. The maximum atomic E-state index is 4.64. The minimum absolute atomic E-state index is 0.501. The molecule has 5 heteroatoms. The van der Waals surface area contributed by atoms with Gasteiger partial charge < -0.3 is 5.32 Å². The first-order chi connectivity index (χ1) is 9.13. The van der Waals surface area contributed by atoms with E-state index in [4.69, 9.17) is 0 Å². The largest absolute Gasteiger partial charge is 0.309 e. The number of rotatable bonds is 6. The molecular formula is C14H17BrN2S2. The Morgan fingerprint density at radius 3 is 3.00 bits per heavy atom. The van der Waals surface area contributed by atoms with E-state index in [0.717, 1.165) is 22.5 Å². The number of nitrogens with zero attached hydrogens (tertiary/aromatic N) is 1. The van der Waals surface area contributed by atoms with Crippen LogP contribution in [0, 0.1) is 0 Å². The van der Waals surface area contributed by atoms with Gasteiger partial charge in [0.1, 0.15) is 5.01 Å². The number of thiazole rings is 1. The molecular weight excluding hydrogens is 340 g/mol. The summed E-state index contributed by atoms with van der Waals surface area (Å²) in [5, 5.41) is 6.72. The fourth-order valence-electron chi connectivity index (χ4n) is 1.51. The molecule has 0 saturated heterocycles. The van der Waals surface area contributed by atoms with E-state index in [1.54, 1.807) is 11.3 Å². The first-order valence-corrected chi connectivity index (χ1v) is 8.84. The fraction of sp³-hybridized carbons (Fsp3) is 0.357. The van der Waals surface area contributed by atoms with Crippen molar-refractivity contribution in [1.82, 2.24) is 10.3 Å². The molecule has 0 amide bonds. The van der Waals surface area contributed by atoms with Gasteiger partial charge >= 0.3 is 0 Å². The lowest BCUT2D eigenvalue weighted by atomic mass is 10.4. The van der Waals surface area contributed by atoms with Crippen molar-refractivity contribution in [2.75, 3.05) is 0 Å². The van der Waals surface area contributed by atoms with Crippen LogP contribution in [-0.2, 0) is 12.3 Å². The van der Waals surface area contributed by atoms with Crippen LogP contribution >= 0.6 is 39.0 Å². The molecule has 0 radical (unpaired) electrons. The van der Waals surface area contributed by atoms with Crippen LogP contribution in [0.4, 0.5) is 0 Å². The Labute approximate surface area is 131 Å². The Bertz CT molecular complexity index is 526. The molecule has 1 aromatic carbocycles. The minimum Gasteiger partial charge on any atom is -0.309 e. The number of hydrogen-bond acceptors (Lipinski definition) is 4. The molecule has 0 unspecified atom stereocenters. The summed E-state index contributed by atoms with van der Waals surface area (Å²) in [6, 6.07) is 8.88. The predicted octanol–water partition coefficient (Wildman–Crippen LogP) is 4.70. The van der Waals surface area contributed by atoms with Gasteiger partial charge in [-0.25, -0.2) is 4.98 Å². The molecule has 0 spiro atoms. The predicted molar refractivity (Wildman–Crippen MR) is 87.8 cm³/mol. The van der Waals surface area contributed by atoms with Crippen LogP contribution in [0.2, 0.25) is 0 Å². The maximum Gasteiger partial charge on any atom is 0.103 e. The van der Waals surface area contributed by atoms with Crippen molar-refractivity contribution in [3.05, 3.63) is 44.8 Å². The van der Waals surface area contributed by atoms with Gasteiger partial charge in [-0.1, -0.05) is 35.8 Å². The number of benzene rings is 1. The molecule has 1 N–H and O–H groups in total. The number of hydrogen-bond donors (Lipinski definition) is 1. The lowest BCUT2D eigenvalue weighted by Gasteiger charge is -2.04. The van der Waals surface area contributed by atoms with Crippen molar-refractivity contribution in [3.63, 3.8) is 0 Å². The summed E-state index contributed by atoms with van der Waals surface area (Å²) in [5.41, 5.74) is 1.14. The van der Waals surface area contributed by atoms with E-state index in [0.29, 0.717) is 6.04 Å². The summed E-state index contributed by atoms with van der Waals surface area (Å²) in [5.74, 6) is 0.933. The van der Waals surface area contributed by atoms with Crippen LogP contribution in [0.3, 0.4) is 0 Å². The SMILES string of the molecule is CC(C)NCc1csc(CSc2cccc(Br)c2)n1. The first-order valence-electron chi connectivity index (χ1n) is 6.18. The Morgan fingerprint density at radius 1 is 1.42 bits per heavy atom. The standard InChI is InChI=1S/C14H17BrN2S2/c1-10(2)16-7-12-8-19-14(17-12)9-18-13-5-3-4-11(15)6-13/h3-6,8,10,16H,7,9H2,1-2H3. The van der Waals surface area contributed by atoms with E-state index in [2.05, 4.69) is 63.7 Å². The van der Waals surface area contributed by atoms with Crippen LogP contribution < -0.4 is 5.32 Å². The third-order valence-electron chi connectivity index (χ3n) is 2.45. The third-order valence-corrected chi connectivity index (χ3v) is 5.03. The first kappa shape index (κ1) is 15.0. The number of halogens is 1. The van der Waals surface area contributed by atoms with Crippen molar-refractivity contribution >= 4 is 39.0 Å². The molecule has 0 aliphatic carbocycles. The number of nitrogens with one attached hydrogen (secondary N) is 1. The summed E-state index contributed by atoms with van der Waals surface area (Å²) < 4.78 is 1.12. The van der Waals surface area contributed by atoms with Gasteiger partial charge in [0.05, 0.1) is 11.4 Å². The van der Waals surface area contributed by atoms with Gasteiger partial charge in [0.25, 0.3) is 0 Å². The van der Waals surface area contributed by atoms with Crippen molar-refractivity contribution in [2.24, 2.45) is 0 Å². The summed E-state index contributed by atoms with van der Waals surface area (Å²) in [4.78, 5) is 5.91. The van der Waals surface area contributed by atoms with E-state index in [1.807, 2.05) is 17.8 Å². The molecule has 19 heavy (non-hydrogen) atoms. The van der Waals surface area contributed by atoms with Crippen LogP contribution in [0.1, 0.15) is 24.5 Å². The molecule has 2 aromatic rings. The maximum absolute atomic E-state index is 4.64. The van der Waals surface area contributed by atoms with Crippen LogP contribution in [-0.4, -0.2) is 11.0 Å². The van der Waals surface area contributed by atoms with Gasteiger partial charge in [0, 0.05) is 27.3 Å². The van der Waals surface area contributed by atoms with Gasteiger partial charge in [-0.15, -0.1) is 23.1 Å². The molecule has 0 atom stereocenters. The minimum atomic E-state index is 0.501. The molecule has 0 saturated carbocycles.